The lowest BCUT2D eigenvalue weighted by atomic mass is 9.89. The van der Waals surface area contributed by atoms with Crippen LogP contribution in [0.25, 0.3) is 0 Å². The zero-order chi connectivity index (χ0) is 23.4. The van der Waals surface area contributed by atoms with Gasteiger partial charge in [0, 0.05) is 23.2 Å². The zero-order valence-electron chi connectivity index (χ0n) is 17.7. The first-order chi connectivity index (χ1) is 15.9. The van der Waals surface area contributed by atoms with E-state index < -0.39 is 24.8 Å². The van der Waals surface area contributed by atoms with Crippen LogP contribution in [0.15, 0.2) is 53.1 Å². The van der Waals surface area contributed by atoms with Gasteiger partial charge in [0.2, 0.25) is 0 Å². The van der Waals surface area contributed by atoms with Crippen LogP contribution in [-0.2, 0) is 27.4 Å². The number of ether oxygens (including phenoxy) is 2. The van der Waals surface area contributed by atoms with E-state index in [2.05, 4.69) is 5.16 Å². The Morgan fingerprint density at radius 3 is 2.79 bits per heavy atom. The minimum absolute atomic E-state index is 0.102. The Morgan fingerprint density at radius 2 is 2.03 bits per heavy atom. The van der Waals surface area contributed by atoms with Gasteiger partial charge in [0.05, 0.1) is 6.04 Å². The fourth-order valence-electron chi connectivity index (χ4n) is 3.71. The Kier molecular flexibility index (Phi) is 6.81. The molecule has 2 aromatic carbocycles. The number of fused-ring (bicyclic) bond motifs is 1. The number of hydrogen-bond acceptors (Lipinski definition) is 8. The molecule has 33 heavy (non-hydrogen) atoms. The maximum atomic E-state index is 12.5. The van der Waals surface area contributed by atoms with Crippen LogP contribution in [0.3, 0.4) is 0 Å². The van der Waals surface area contributed by atoms with Crippen molar-refractivity contribution in [3.05, 3.63) is 81.7 Å². The maximum Gasteiger partial charge on any atom is 0.528 e. The second-order valence-electron chi connectivity index (χ2n) is 7.42. The predicted molar refractivity (Wildman–Crippen MR) is 116 cm³/mol. The summed E-state index contributed by atoms with van der Waals surface area (Å²) in [6.07, 6.45) is -0.274. The fourth-order valence-corrected chi connectivity index (χ4v) is 3.89. The number of hydrogen-bond donors (Lipinski definition) is 1. The van der Waals surface area contributed by atoms with Crippen LogP contribution in [0.4, 0.5) is 4.79 Å². The normalized spacial score (nSPS) is 15.5. The van der Waals surface area contributed by atoms with Crippen molar-refractivity contribution in [3.63, 3.8) is 0 Å². The fraction of sp³-hybridized carbons (Fsp3) is 0.261. The molecule has 0 bridgehead atoms. The quantitative estimate of drug-likeness (QED) is 0.502. The van der Waals surface area contributed by atoms with Gasteiger partial charge >= 0.3 is 12.1 Å². The molecule has 1 unspecified atom stereocenters. The molecule has 0 radical (unpaired) electrons. The van der Waals surface area contributed by atoms with E-state index >= 15 is 0 Å². The van der Waals surface area contributed by atoms with Gasteiger partial charge in [-0.05, 0) is 42.7 Å². The van der Waals surface area contributed by atoms with E-state index in [1.807, 2.05) is 24.3 Å². The Labute approximate surface area is 194 Å². The molecule has 1 atom stereocenters. The second kappa shape index (κ2) is 9.93. The molecule has 3 aromatic rings. The highest BCUT2D eigenvalue weighted by Gasteiger charge is 2.34. The van der Waals surface area contributed by atoms with E-state index in [9.17, 15) is 9.59 Å². The molecule has 1 aromatic heterocycles. The van der Waals surface area contributed by atoms with Gasteiger partial charge in [-0.3, -0.25) is 0 Å². The Hall–Kier alpha value is -3.56. The number of nitrogens with zero attached hydrogens (tertiary/aromatic N) is 2. The molecular formula is C23H21ClN2O7. The largest absolute Gasteiger partial charge is 0.528 e. The molecule has 0 saturated carbocycles. The van der Waals surface area contributed by atoms with Gasteiger partial charge in [-0.25, -0.2) is 9.59 Å². The minimum Gasteiger partial charge on any atom is -0.482 e. The Bertz CT molecular complexity index is 1160. The van der Waals surface area contributed by atoms with E-state index in [1.54, 1.807) is 31.2 Å². The molecule has 0 saturated heterocycles. The summed E-state index contributed by atoms with van der Waals surface area (Å²) < 4.78 is 15.7. The molecule has 4 rings (SSSR count). The van der Waals surface area contributed by atoms with Crippen LogP contribution < -0.4 is 4.74 Å². The van der Waals surface area contributed by atoms with Crippen LogP contribution >= 0.6 is 11.6 Å². The van der Waals surface area contributed by atoms with Crippen molar-refractivity contribution in [2.75, 3.05) is 13.2 Å². The summed E-state index contributed by atoms with van der Waals surface area (Å²) >= 11 is 6.26. The molecule has 2 heterocycles. The number of carboxylic acids is 1. The molecule has 0 spiro atoms. The van der Waals surface area contributed by atoms with Gasteiger partial charge in [-0.1, -0.05) is 41.0 Å². The van der Waals surface area contributed by atoms with Crippen molar-refractivity contribution in [1.29, 1.82) is 0 Å². The third kappa shape index (κ3) is 5.44. The lowest BCUT2D eigenvalue weighted by Crippen LogP contribution is -2.38. The number of aromatic nitrogens is 1. The highest BCUT2D eigenvalue weighted by atomic mass is 35.5. The second-order valence-corrected chi connectivity index (χ2v) is 7.85. The topological polar surface area (TPSA) is 111 Å². The van der Waals surface area contributed by atoms with Crippen LogP contribution in [0.5, 0.6) is 5.75 Å². The lowest BCUT2D eigenvalue weighted by molar-refractivity contribution is -0.152. The number of carbonyl (C=O) groups excluding carboxylic acids is 1. The smallest absolute Gasteiger partial charge is 0.482 e. The summed E-state index contributed by atoms with van der Waals surface area (Å²) in [5.41, 5.74) is 2.98. The molecule has 1 aliphatic rings. The lowest BCUT2D eigenvalue weighted by Gasteiger charge is -2.36. The summed E-state index contributed by atoms with van der Waals surface area (Å²) in [6, 6.07) is 13.7. The maximum absolute atomic E-state index is 12.5. The molecular weight excluding hydrogens is 452 g/mol. The Morgan fingerprint density at radius 1 is 1.21 bits per heavy atom. The van der Waals surface area contributed by atoms with Crippen LogP contribution in [0, 0.1) is 6.92 Å². The zero-order valence-corrected chi connectivity index (χ0v) is 18.4. The number of halogens is 1. The SMILES string of the molecule is Cc1cc(COC(=O)ON2CCc3ccccc3C2c2cc(Cl)ccc2OCC(=O)O)no1. The van der Waals surface area contributed by atoms with Gasteiger partial charge < -0.3 is 23.9 Å². The van der Waals surface area contributed by atoms with Crippen LogP contribution in [-0.4, -0.2) is 40.6 Å². The van der Waals surface area contributed by atoms with Gasteiger partial charge in [0.1, 0.15) is 23.8 Å². The number of aliphatic carboxylic acids is 1. The first-order valence-corrected chi connectivity index (χ1v) is 10.5. The third-order valence-electron chi connectivity index (χ3n) is 5.06. The predicted octanol–water partition coefficient (Wildman–Crippen LogP) is 4.32. The summed E-state index contributed by atoms with van der Waals surface area (Å²) in [5, 5.41) is 14.8. The third-order valence-corrected chi connectivity index (χ3v) is 5.30. The molecule has 1 N–H and O–H groups in total. The van der Waals surface area contributed by atoms with E-state index in [1.165, 1.54) is 5.06 Å². The van der Waals surface area contributed by atoms with Gasteiger partial charge in [0.25, 0.3) is 0 Å². The number of carbonyl (C=O) groups is 2. The van der Waals surface area contributed by atoms with Crippen molar-refractivity contribution in [3.8, 4) is 5.75 Å². The first kappa shape index (κ1) is 22.6. The summed E-state index contributed by atoms with van der Waals surface area (Å²) in [6.45, 7) is 1.49. The molecule has 0 amide bonds. The summed E-state index contributed by atoms with van der Waals surface area (Å²) in [7, 11) is 0. The number of hydroxylamine groups is 2. The van der Waals surface area contributed by atoms with Gasteiger partial charge in [0.15, 0.2) is 6.61 Å². The average Bonchev–Trinajstić information content (AvgIpc) is 3.21. The van der Waals surface area contributed by atoms with Gasteiger partial charge in [-0.2, -0.15) is 0 Å². The number of rotatable bonds is 7. The Balaban J connectivity index is 1.61. The minimum atomic E-state index is -1.11. The molecule has 0 fully saturated rings. The molecule has 10 heteroatoms. The van der Waals surface area contributed by atoms with E-state index in [-0.39, 0.29) is 6.61 Å². The monoisotopic (exact) mass is 472 g/mol. The number of aryl methyl sites for hydroxylation is 1. The standard InChI is InChI=1S/C23H21ClN2O7/c1-14-10-17(25-32-14)12-31-23(29)33-26-9-8-15-4-2-3-5-18(15)22(26)19-11-16(24)6-7-20(19)30-13-21(27)28/h2-7,10-11,22H,8-9,12-13H2,1H3,(H,27,28). The highest BCUT2D eigenvalue weighted by molar-refractivity contribution is 6.30. The van der Waals surface area contributed by atoms with Crippen molar-refractivity contribution >= 4 is 23.7 Å². The van der Waals surface area contributed by atoms with E-state index in [0.29, 0.717) is 40.8 Å². The summed E-state index contributed by atoms with van der Waals surface area (Å²) in [5.74, 6) is -0.187. The number of benzene rings is 2. The molecule has 0 aliphatic carbocycles. The van der Waals surface area contributed by atoms with Crippen molar-refractivity contribution in [1.82, 2.24) is 10.2 Å². The summed E-state index contributed by atoms with van der Waals surface area (Å²) in [4.78, 5) is 29.1. The van der Waals surface area contributed by atoms with Crippen molar-refractivity contribution in [2.24, 2.45) is 0 Å². The van der Waals surface area contributed by atoms with Crippen molar-refractivity contribution in [2.45, 2.75) is 26.0 Å². The van der Waals surface area contributed by atoms with Gasteiger partial charge in [-0.15, -0.1) is 5.06 Å². The highest BCUT2D eigenvalue weighted by Crippen LogP contribution is 2.40. The molecule has 172 valence electrons. The van der Waals surface area contributed by atoms with E-state index in [4.69, 9.17) is 35.5 Å². The van der Waals surface area contributed by atoms with Crippen molar-refractivity contribution < 1.29 is 33.5 Å². The molecule has 1 aliphatic heterocycles. The van der Waals surface area contributed by atoms with E-state index in [0.717, 1.165) is 11.1 Å². The van der Waals surface area contributed by atoms with Crippen LogP contribution in [0.2, 0.25) is 5.02 Å². The molecule has 9 nitrogen and oxygen atoms in total. The number of carboxylic acid groups (broad SMARTS) is 1. The van der Waals surface area contributed by atoms with Crippen LogP contribution in [0.1, 0.15) is 34.2 Å². The average molecular weight is 473 g/mol. The first-order valence-electron chi connectivity index (χ1n) is 10.2.